The third-order valence-electron chi connectivity index (χ3n) is 9.73. The lowest BCUT2D eigenvalue weighted by Gasteiger charge is -2.60. The summed E-state index contributed by atoms with van der Waals surface area (Å²) in [5.74, 6) is 2.09. The van der Waals surface area contributed by atoms with Crippen molar-refractivity contribution in [2.24, 2.45) is 34.8 Å². The van der Waals surface area contributed by atoms with Gasteiger partial charge in [-0.15, -0.1) is 0 Å². The number of hydrogen-bond donors (Lipinski definition) is 3. The Morgan fingerprint density at radius 3 is 2.28 bits per heavy atom. The van der Waals surface area contributed by atoms with Gasteiger partial charge >= 0.3 is 0 Å². The third-order valence-corrected chi connectivity index (χ3v) is 9.73. The molecule has 1 aromatic heterocycles. The van der Waals surface area contributed by atoms with Crippen molar-refractivity contribution < 1.29 is 9.59 Å². The van der Waals surface area contributed by atoms with Gasteiger partial charge in [-0.05, 0) is 86.3 Å². The van der Waals surface area contributed by atoms with Crippen LogP contribution < -0.4 is 16.4 Å². The Morgan fingerprint density at radius 2 is 1.67 bits per heavy atom. The van der Waals surface area contributed by atoms with Gasteiger partial charge in [0.05, 0.1) is 10.8 Å². The summed E-state index contributed by atoms with van der Waals surface area (Å²) in [5, 5.41) is 6.41. The maximum absolute atomic E-state index is 13.5. The van der Waals surface area contributed by atoms with E-state index in [9.17, 15) is 9.59 Å². The lowest BCUT2D eigenvalue weighted by molar-refractivity contribution is -0.149. The van der Waals surface area contributed by atoms with Gasteiger partial charge in [0.15, 0.2) is 0 Å². The van der Waals surface area contributed by atoms with E-state index < -0.39 is 5.41 Å². The standard InChI is InChI=1S/C30H40N4O2/c1-3-30(4-2,23-8-6-5-7-9-23)28(36)33-19-25(31)26-21-14-20-15-22(26)18-29(16-20,17-21)27(35)34-24-10-12-32-13-11-24/h5-13,20-22,25-26H,3-4,14-19,31H2,1-2H3,(H,33,36)(H,32,34,35). The van der Waals surface area contributed by atoms with Crippen LogP contribution in [-0.2, 0) is 15.0 Å². The van der Waals surface area contributed by atoms with Crippen molar-refractivity contribution in [1.82, 2.24) is 10.3 Å². The zero-order valence-corrected chi connectivity index (χ0v) is 21.6. The van der Waals surface area contributed by atoms with E-state index in [0.717, 1.165) is 56.2 Å². The fraction of sp³-hybridized carbons (Fsp3) is 0.567. The van der Waals surface area contributed by atoms with Gasteiger partial charge in [-0.2, -0.15) is 0 Å². The third kappa shape index (κ3) is 4.34. The summed E-state index contributed by atoms with van der Waals surface area (Å²) in [6.07, 6.45) is 10.0. The van der Waals surface area contributed by atoms with E-state index in [-0.39, 0.29) is 23.3 Å². The molecule has 6 nitrogen and oxygen atoms in total. The number of carbonyl (C=O) groups is 2. The van der Waals surface area contributed by atoms with Crippen molar-refractivity contribution in [2.75, 3.05) is 11.9 Å². The van der Waals surface area contributed by atoms with E-state index in [1.807, 2.05) is 30.3 Å². The largest absolute Gasteiger partial charge is 0.354 e. The zero-order valence-electron chi connectivity index (χ0n) is 21.6. The molecule has 3 atom stereocenters. The minimum atomic E-state index is -0.528. The average Bonchev–Trinajstić information content (AvgIpc) is 2.89. The molecular formula is C30H40N4O2. The monoisotopic (exact) mass is 488 g/mol. The van der Waals surface area contributed by atoms with Crippen LogP contribution in [0.4, 0.5) is 5.69 Å². The maximum atomic E-state index is 13.5. The summed E-state index contributed by atoms with van der Waals surface area (Å²) in [6, 6.07) is 13.7. The minimum absolute atomic E-state index is 0.0752. The Hall–Kier alpha value is -2.73. The average molecular weight is 489 g/mol. The van der Waals surface area contributed by atoms with Crippen molar-refractivity contribution in [3.63, 3.8) is 0 Å². The molecule has 3 unspecified atom stereocenters. The molecule has 0 spiro atoms. The molecule has 4 saturated carbocycles. The van der Waals surface area contributed by atoms with Gasteiger partial charge in [0.25, 0.3) is 0 Å². The Bertz CT molecular complexity index is 1050. The first-order valence-corrected chi connectivity index (χ1v) is 13.7. The summed E-state index contributed by atoms with van der Waals surface area (Å²) in [4.78, 5) is 31.0. The Balaban J connectivity index is 1.25. The fourth-order valence-electron chi connectivity index (χ4n) is 8.12. The molecule has 4 bridgehead atoms. The van der Waals surface area contributed by atoms with Crippen LogP contribution in [0.15, 0.2) is 54.9 Å². The number of benzene rings is 1. The fourth-order valence-corrected chi connectivity index (χ4v) is 8.12. The van der Waals surface area contributed by atoms with Crippen LogP contribution >= 0.6 is 0 Å². The molecule has 192 valence electrons. The number of carbonyl (C=O) groups excluding carboxylic acids is 2. The van der Waals surface area contributed by atoms with Crippen molar-refractivity contribution in [2.45, 2.75) is 70.3 Å². The molecule has 1 aromatic carbocycles. The summed E-state index contributed by atoms with van der Waals surface area (Å²) < 4.78 is 0. The molecule has 6 heteroatoms. The normalized spacial score (nSPS) is 29.5. The second-order valence-corrected chi connectivity index (χ2v) is 11.5. The van der Waals surface area contributed by atoms with Gasteiger partial charge in [-0.25, -0.2) is 0 Å². The quantitative estimate of drug-likeness (QED) is 0.478. The number of pyridine rings is 1. The van der Waals surface area contributed by atoms with E-state index >= 15 is 0 Å². The molecule has 6 rings (SSSR count). The maximum Gasteiger partial charge on any atom is 0.230 e. The van der Waals surface area contributed by atoms with E-state index in [2.05, 4.69) is 41.6 Å². The van der Waals surface area contributed by atoms with E-state index in [0.29, 0.717) is 30.2 Å². The first-order valence-electron chi connectivity index (χ1n) is 13.7. The van der Waals surface area contributed by atoms with Crippen LogP contribution in [-0.4, -0.2) is 29.4 Å². The van der Waals surface area contributed by atoms with Gasteiger partial charge in [-0.3, -0.25) is 14.6 Å². The summed E-state index contributed by atoms with van der Waals surface area (Å²) in [6.45, 7) is 4.67. The zero-order chi connectivity index (χ0) is 25.3. The molecule has 4 aliphatic carbocycles. The predicted octanol–water partition coefficient (Wildman–Crippen LogP) is 4.66. The molecule has 0 aliphatic heterocycles. The summed E-state index contributed by atoms with van der Waals surface area (Å²) >= 11 is 0. The highest BCUT2D eigenvalue weighted by Gasteiger charge is 2.59. The van der Waals surface area contributed by atoms with Crippen LogP contribution in [0.5, 0.6) is 0 Å². The lowest BCUT2D eigenvalue weighted by Crippen LogP contribution is -2.60. The van der Waals surface area contributed by atoms with Crippen LogP contribution in [0.3, 0.4) is 0 Å². The minimum Gasteiger partial charge on any atom is -0.354 e. The highest BCUT2D eigenvalue weighted by molar-refractivity contribution is 5.95. The number of amides is 2. The number of rotatable bonds is 9. The number of aromatic nitrogens is 1. The molecule has 0 saturated heterocycles. The van der Waals surface area contributed by atoms with Gasteiger partial charge < -0.3 is 16.4 Å². The Kier molecular flexibility index (Phi) is 6.90. The molecule has 1 heterocycles. The van der Waals surface area contributed by atoms with Crippen molar-refractivity contribution in [3.8, 4) is 0 Å². The van der Waals surface area contributed by atoms with Crippen molar-refractivity contribution in [1.29, 1.82) is 0 Å². The van der Waals surface area contributed by atoms with Crippen LogP contribution in [0, 0.1) is 29.1 Å². The van der Waals surface area contributed by atoms with Crippen LogP contribution in [0.2, 0.25) is 0 Å². The first-order chi connectivity index (χ1) is 17.4. The topological polar surface area (TPSA) is 97.1 Å². The summed E-state index contributed by atoms with van der Waals surface area (Å²) in [7, 11) is 0. The van der Waals surface area contributed by atoms with Crippen LogP contribution in [0.25, 0.3) is 0 Å². The molecule has 4 fully saturated rings. The molecule has 4 aliphatic rings. The number of anilines is 1. The van der Waals surface area contributed by atoms with Gasteiger partial charge in [0, 0.05) is 30.7 Å². The highest BCUT2D eigenvalue weighted by Crippen LogP contribution is 2.63. The number of hydrogen-bond acceptors (Lipinski definition) is 4. The Labute approximate surface area is 214 Å². The molecule has 36 heavy (non-hydrogen) atoms. The Morgan fingerprint density at radius 1 is 1.03 bits per heavy atom. The molecule has 0 radical (unpaired) electrons. The molecular weight excluding hydrogens is 448 g/mol. The van der Waals surface area contributed by atoms with E-state index in [1.54, 1.807) is 12.4 Å². The second-order valence-electron chi connectivity index (χ2n) is 11.5. The van der Waals surface area contributed by atoms with E-state index in [4.69, 9.17) is 5.73 Å². The van der Waals surface area contributed by atoms with Crippen molar-refractivity contribution in [3.05, 3.63) is 60.4 Å². The number of nitrogens with one attached hydrogen (secondary N) is 2. The molecule has 2 aromatic rings. The number of nitrogens with two attached hydrogens (primary N) is 1. The lowest BCUT2D eigenvalue weighted by atomic mass is 9.45. The smallest absolute Gasteiger partial charge is 0.230 e. The highest BCUT2D eigenvalue weighted by atomic mass is 16.2. The second kappa shape index (κ2) is 9.97. The summed E-state index contributed by atoms with van der Waals surface area (Å²) in [5.41, 5.74) is 7.90. The van der Waals surface area contributed by atoms with Gasteiger partial charge in [0.2, 0.25) is 11.8 Å². The SMILES string of the molecule is CCC(CC)(C(=O)NCC(N)C1C2CC3CC1CC(C(=O)Nc1ccncc1)(C3)C2)c1ccccc1. The van der Waals surface area contributed by atoms with Crippen LogP contribution in [0.1, 0.15) is 64.4 Å². The number of nitrogens with zero attached hydrogens (tertiary/aromatic N) is 1. The first kappa shape index (κ1) is 24.9. The van der Waals surface area contributed by atoms with Gasteiger partial charge in [-0.1, -0.05) is 44.2 Å². The van der Waals surface area contributed by atoms with E-state index in [1.165, 1.54) is 0 Å². The molecule has 2 amide bonds. The molecule has 4 N–H and O–H groups in total. The van der Waals surface area contributed by atoms with Gasteiger partial charge in [0.1, 0.15) is 0 Å². The van der Waals surface area contributed by atoms with Crippen molar-refractivity contribution >= 4 is 17.5 Å². The predicted molar refractivity (Wildman–Crippen MR) is 142 cm³/mol.